The summed E-state index contributed by atoms with van der Waals surface area (Å²) in [6.45, 7) is 5.01. The number of nitrogens with one attached hydrogen (secondary N) is 1. The highest BCUT2D eigenvalue weighted by atomic mass is 16.6. The van der Waals surface area contributed by atoms with E-state index in [4.69, 9.17) is 9.47 Å². The molecule has 0 aromatic heterocycles. The lowest BCUT2D eigenvalue weighted by atomic mass is 10.1. The molecule has 1 N–H and O–H groups in total. The molecule has 28 heavy (non-hydrogen) atoms. The second-order valence-corrected chi connectivity index (χ2v) is 6.26. The second kappa shape index (κ2) is 10.3. The number of amides is 1. The lowest BCUT2D eigenvalue weighted by Crippen LogP contribution is -2.31. The highest BCUT2D eigenvalue weighted by Crippen LogP contribution is 2.14. The Morgan fingerprint density at radius 2 is 1.61 bits per heavy atom. The molecule has 0 spiro atoms. The number of anilines is 1. The van der Waals surface area contributed by atoms with Gasteiger partial charge < -0.3 is 14.8 Å². The minimum absolute atomic E-state index is 0.0372. The van der Waals surface area contributed by atoms with Gasteiger partial charge in [0.2, 0.25) is 0 Å². The average molecular weight is 383 g/mol. The normalized spacial score (nSPS) is 11.4. The molecule has 0 aliphatic heterocycles. The summed E-state index contributed by atoms with van der Waals surface area (Å²) in [6, 6.07) is 14.0. The Balaban J connectivity index is 1.79. The summed E-state index contributed by atoms with van der Waals surface area (Å²) in [4.78, 5) is 35.6. The number of aryl methyl sites for hydroxylation is 1. The molecular formula is C22H25NO5. The quantitative estimate of drug-likeness (QED) is 0.526. The second-order valence-electron chi connectivity index (χ2n) is 6.26. The smallest absolute Gasteiger partial charge is 0.344 e. The molecule has 0 saturated heterocycles. The van der Waals surface area contributed by atoms with Crippen molar-refractivity contribution in [1.29, 1.82) is 0 Å². The topological polar surface area (TPSA) is 81.7 Å². The monoisotopic (exact) mass is 383 g/mol. The van der Waals surface area contributed by atoms with Crippen molar-refractivity contribution in [3.8, 4) is 5.75 Å². The number of benzene rings is 2. The zero-order chi connectivity index (χ0) is 20.5. The van der Waals surface area contributed by atoms with Crippen LogP contribution in [0.15, 0.2) is 48.5 Å². The van der Waals surface area contributed by atoms with Crippen molar-refractivity contribution < 1.29 is 23.9 Å². The van der Waals surface area contributed by atoms with Gasteiger partial charge in [-0.2, -0.15) is 0 Å². The molecule has 0 aliphatic rings. The lowest BCUT2D eigenvalue weighted by molar-refractivity contribution is -0.155. The largest absolute Gasteiger partial charge is 0.482 e. The van der Waals surface area contributed by atoms with Crippen molar-refractivity contribution >= 4 is 23.3 Å². The molecule has 0 bridgehead atoms. The zero-order valence-electron chi connectivity index (χ0n) is 16.4. The molecule has 0 aliphatic carbocycles. The van der Waals surface area contributed by atoms with Crippen molar-refractivity contribution in [2.75, 3.05) is 11.9 Å². The van der Waals surface area contributed by atoms with Crippen molar-refractivity contribution in [2.45, 2.75) is 39.7 Å². The van der Waals surface area contributed by atoms with Gasteiger partial charge >= 0.3 is 5.97 Å². The van der Waals surface area contributed by atoms with Crippen molar-refractivity contribution in [3.63, 3.8) is 0 Å². The number of ketones is 1. The van der Waals surface area contributed by atoms with Crippen LogP contribution in [0.5, 0.6) is 5.75 Å². The average Bonchev–Trinajstić information content (AvgIpc) is 2.72. The lowest BCUT2D eigenvalue weighted by Gasteiger charge is -2.14. The van der Waals surface area contributed by atoms with E-state index >= 15 is 0 Å². The molecule has 2 aromatic rings. The maximum atomic E-state index is 12.1. The van der Waals surface area contributed by atoms with Crippen LogP contribution in [0.25, 0.3) is 0 Å². The van der Waals surface area contributed by atoms with Gasteiger partial charge in [-0.05, 0) is 55.3 Å². The molecule has 6 heteroatoms. The first-order valence-corrected chi connectivity index (χ1v) is 9.28. The molecule has 0 saturated carbocycles. The van der Waals surface area contributed by atoms with Gasteiger partial charge in [0.15, 0.2) is 18.5 Å². The summed E-state index contributed by atoms with van der Waals surface area (Å²) in [5.41, 5.74) is 2.40. The van der Waals surface area contributed by atoms with Crippen LogP contribution in [0, 0.1) is 0 Å². The third-order valence-electron chi connectivity index (χ3n) is 4.16. The molecule has 0 heterocycles. The molecule has 1 atom stereocenters. The van der Waals surface area contributed by atoms with Crippen molar-refractivity contribution in [3.05, 3.63) is 59.7 Å². The number of carbonyl (C=O) groups is 3. The molecule has 6 nitrogen and oxygen atoms in total. The van der Waals surface area contributed by atoms with Gasteiger partial charge in [-0.1, -0.05) is 26.0 Å². The van der Waals surface area contributed by atoms with E-state index in [1.807, 2.05) is 12.1 Å². The van der Waals surface area contributed by atoms with E-state index in [9.17, 15) is 14.4 Å². The Labute approximate surface area is 164 Å². The van der Waals surface area contributed by atoms with Crippen LogP contribution in [0.4, 0.5) is 5.69 Å². The predicted molar refractivity (Wildman–Crippen MR) is 107 cm³/mol. The molecule has 1 amide bonds. The van der Waals surface area contributed by atoms with E-state index < -0.39 is 18.0 Å². The first kappa shape index (κ1) is 21.2. The summed E-state index contributed by atoms with van der Waals surface area (Å²) >= 11 is 0. The van der Waals surface area contributed by atoms with E-state index in [0.29, 0.717) is 23.4 Å². The third-order valence-corrected chi connectivity index (χ3v) is 4.16. The van der Waals surface area contributed by atoms with Crippen LogP contribution in [0.1, 0.15) is 43.1 Å². The van der Waals surface area contributed by atoms with Crippen LogP contribution in [-0.4, -0.2) is 30.4 Å². The van der Waals surface area contributed by atoms with Crippen molar-refractivity contribution in [2.24, 2.45) is 0 Å². The van der Waals surface area contributed by atoms with E-state index in [-0.39, 0.29) is 12.4 Å². The van der Waals surface area contributed by atoms with E-state index in [2.05, 4.69) is 12.2 Å². The Bertz CT molecular complexity index is 812. The molecule has 0 radical (unpaired) electrons. The highest BCUT2D eigenvalue weighted by molar-refractivity contribution is 5.96. The van der Waals surface area contributed by atoms with Gasteiger partial charge in [-0.3, -0.25) is 9.59 Å². The number of ether oxygens (including phenoxy) is 2. The Hall–Kier alpha value is -3.15. The zero-order valence-corrected chi connectivity index (χ0v) is 16.4. The molecule has 2 aromatic carbocycles. The van der Waals surface area contributed by atoms with E-state index in [1.165, 1.54) is 12.5 Å². The number of Topliss-reactive ketones (excluding diaryl/α,β-unsaturated/α-hetero) is 1. The summed E-state index contributed by atoms with van der Waals surface area (Å²) in [7, 11) is 0. The summed E-state index contributed by atoms with van der Waals surface area (Å²) in [5.74, 6) is -0.592. The van der Waals surface area contributed by atoms with Gasteiger partial charge in [0, 0.05) is 17.7 Å². The number of esters is 1. The van der Waals surface area contributed by atoms with Crippen LogP contribution in [0.2, 0.25) is 0 Å². The molecule has 0 fully saturated rings. The summed E-state index contributed by atoms with van der Waals surface area (Å²) < 4.78 is 10.4. The Morgan fingerprint density at radius 1 is 0.964 bits per heavy atom. The van der Waals surface area contributed by atoms with Crippen LogP contribution in [0.3, 0.4) is 0 Å². The number of hydrogen-bond acceptors (Lipinski definition) is 5. The van der Waals surface area contributed by atoms with Gasteiger partial charge in [-0.15, -0.1) is 0 Å². The number of carbonyl (C=O) groups excluding carboxylic acids is 3. The fourth-order valence-corrected chi connectivity index (χ4v) is 2.44. The Morgan fingerprint density at radius 3 is 2.18 bits per heavy atom. The fraction of sp³-hybridized carbons (Fsp3) is 0.318. The molecule has 148 valence electrons. The van der Waals surface area contributed by atoms with E-state index in [0.717, 1.165) is 6.42 Å². The number of rotatable bonds is 9. The van der Waals surface area contributed by atoms with Crippen LogP contribution >= 0.6 is 0 Å². The maximum Gasteiger partial charge on any atom is 0.344 e. The van der Waals surface area contributed by atoms with Gasteiger partial charge in [0.1, 0.15) is 5.75 Å². The minimum Gasteiger partial charge on any atom is -0.482 e. The molecule has 0 unspecified atom stereocenters. The van der Waals surface area contributed by atoms with E-state index in [1.54, 1.807) is 43.3 Å². The first-order valence-electron chi connectivity index (χ1n) is 9.28. The highest BCUT2D eigenvalue weighted by Gasteiger charge is 2.18. The first-order chi connectivity index (χ1) is 13.4. The predicted octanol–water partition coefficient (Wildman–Crippen LogP) is 3.79. The van der Waals surface area contributed by atoms with Gasteiger partial charge in [0.05, 0.1) is 0 Å². The van der Waals surface area contributed by atoms with Crippen molar-refractivity contribution in [1.82, 2.24) is 0 Å². The SMILES string of the molecule is CCC(=O)c1ccc(OCC(=O)O[C@H](C)C(=O)Nc2ccc(CC)cc2)cc1. The fourth-order valence-electron chi connectivity index (χ4n) is 2.44. The van der Waals surface area contributed by atoms with Crippen LogP contribution < -0.4 is 10.1 Å². The van der Waals surface area contributed by atoms with Gasteiger partial charge in [-0.25, -0.2) is 4.79 Å². The molecular weight excluding hydrogens is 358 g/mol. The summed E-state index contributed by atoms with van der Waals surface area (Å²) in [6.07, 6.45) is 0.390. The summed E-state index contributed by atoms with van der Waals surface area (Å²) in [5, 5.41) is 2.71. The minimum atomic E-state index is -0.952. The van der Waals surface area contributed by atoms with Crippen LogP contribution in [-0.2, 0) is 20.7 Å². The number of hydrogen-bond donors (Lipinski definition) is 1. The molecule has 2 rings (SSSR count). The standard InChI is InChI=1S/C22H25NO5/c1-4-16-6-10-18(11-7-16)23-22(26)15(3)28-21(25)14-27-19-12-8-17(9-13-19)20(24)5-2/h6-13,15H,4-5,14H2,1-3H3,(H,23,26)/t15-/m1/s1. The third kappa shape index (κ3) is 6.23. The van der Waals surface area contributed by atoms with Gasteiger partial charge in [0.25, 0.3) is 5.91 Å². The maximum absolute atomic E-state index is 12.1. The Kier molecular flexibility index (Phi) is 7.75.